The predicted molar refractivity (Wildman–Crippen MR) is 78.1 cm³/mol. The number of rotatable bonds is 3. The number of methoxy groups -OCH3 is 1. The first-order chi connectivity index (χ1) is 9.01. The fraction of sp³-hybridized carbons (Fsp3) is 0.692. The van der Waals surface area contributed by atoms with Crippen LogP contribution < -0.4 is 5.32 Å². The van der Waals surface area contributed by atoms with Gasteiger partial charge in [0.05, 0.1) is 7.11 Å². The Kier molecular flexibility index (Phi) is 4.68. The van der Waals surface area contributed by atoms with E-state index in [1.54, 1.807) is 0 Å². The number of ether oxygens (including phenoxy) is 1. The molecule has 3 atom stereocenters. The van der Waals surface area contributed by atoms with E-state index >= 15 is 0 Å². The van der Waals surface area contributed by atoms with Crippen molar-refractivity contribution in [3.63, 3.8) is 0 Å². The van der Waals surface area contributed by atoms with Crippen LogP contribution in [0.1, 0.15) is 42.8 Å². The molecular weight excluding hydrogens is 284 g/mol. The number of nitrogens with zero attached hydrogens (tertiary/aromatic N) is 1. The molecule has 106 valence electrons. The van der Waals surface area contributed by atoms with Crippen molar-refractivity contribution >= 4 is 34.0 Å². The van der Waals surface area contributed by atoms with Gasteiger partial charge in [0.15, 0.2) is 15.2 Å². The molecule has 0 radical (unpaired) electrons. The van der Waals surface area contributed by atoms with Crippen LogP contribution in [0, 0.1) is 11.8 Å². The number of anilines is 1. The van der Waals surface area contributed by atoms with Crippen LogP contribution in [0.2, 0.25) is 5.15 Å². The number of carbonyl (C=O) groups is 1. The van der Waals surface area contributed by atoms with Gasteiger partial charge in [-0.3, -0.25) is 0 Å². The first-order valence-electron chi connectivity index (χ1n) is 6.52. The Labute approximate surface area is 122 Å². The van der Waals surface area contributed by atoms with Crippen LogP contribution in [-0.2, 0) is 4.74 Å². The third-order valence-corrected chi connectivity index (χ3v) is 5.23. The molecule has 1 heterocycles. The van der Waals surface area contributed by atoms with Crippen LogP contribution in [0.5, 0.6) is 0 Å². The standard InChI is InChI=1S/C13H19ClN2O2S/c1-7-4-5-9(6-8(7)2)15-13-16-11(14)10(19-13)12(17)18-3/h7-9H,4-6H2,1-3H3,(H,15,16). The predicted octanol–water partition coefficient (Wildman–Crippen LogP) is 3.82. The zero-order chi connectivity index (χ0) is 14.0. The third-order valence-electron chi connectivity index (χ3n) is 3.88. The molecule has 1 fully saturated rings. The first kappa shape index (κ1) is 14.6. The lowest BCUT2D eigenvalue weighted by Crippen LogP contribution is -2.30. The topological polar surface area (TPSA) is 51.2 Å². The van der Waals surface area contributed by atoms with Gasteiger partial charge in [0, 0.05) is 6.04 Å². The Bertz CT molecular complexity index is 463. The average molecular weight is 303 g/mol. The molecule has 0 saturated heterocycles. The highest BCUT2D eigenvalue weighted by molar-refractivity contribution is 7.18. The van der Waals surface area contributed by atoms with Crippen molar-refractivity contribution in [1.82, 2.24) is 4.98 Å². The Morgan fingerprint density at radius 3 is 2.79 bits per heavy atom. The molecule has 1 aliphatic rings. The molecule has 0 bridgehead atoms. The monoisotopic (exact) mass is 302 g/mol. The summed E-state index contributed by atoms with van der Waals surface area (Å²) in [6.07, 6.45) is 3.49. The quantitative estimate of drug-likeness (QED) is 0.862. The van der Waals surface area contributed by atoms with Crippen LogP contribution in [-0.4, -0.2) is 24.1 Å². The summed E-state index contributed by atoms with van der Waals surface area (Å²) < 4.78 is 4.67. The highest BCUT2D eigenvalue weighted by atomic mass is 35.5. The molecule has 3 unspecified atom stereocenters. The van der Waals surface area contributed by atoms with Crippen molar-refractivity contribution in [1.29, 1.82) is 0 Å². The van der Waals surface area contributed by atoms with Gasteiger partial charge in [-0.15, -0.1) is 0 Å². The van der Waals surface area contributed by atoms with Crippen molar-refractivity contribution in [2.24, 2.45) is 11.8 Å². The smallest absolute Gasteiger partial charge is 0.351 e. The molecule has 1 N–H and O–H groups in total. The van der Waals surface area contributed by atoms with E-state index in [1.165, 1.54) is 24.9 Å². The normalized spacial score (nSPS) is 27.1. The van der Waals surface area contributed by atoms with E-state index in [0.29, 0.717) is 22.0 Å². The molecule has 0 aliphatic heterocycles. The summed E-state index contributed by atoms with van der Waals surface area (Å²) in [5.41, 5.74) is 0. The van der Waals surface area contributed by atoms with Gasteiger partial charge in [-0.1, -0.05) is 36.8 Å². The Morgan fingerprint density at radius 2 is 2.16 bits per heavy atom. The molecule has 19 heavy (non-hydrogen) atoms. The van der Waals surface area contributed by atoms with E-state index in [4.69, 9.17) is 11.6 Å². The minimum absolute atomic E-state index is 0.219. The molecule has 6 heteroatoms. The zero-order valence-corrected chi connectivity index (χ0v) is 13.0. The van der Waals surface area contributed by atoms with Gasteiger partial charge in [-0.05, 0) is 31.1 Å². The second kappa shape index (κ2) is 6.09. The molecule has 1 aliphatic carbocycles. The third kappa shape index (κ3) is 3.39. The molecule has 1 aromatic heterocycles. The maximum atomic E-state index is 11.5. The number of esters is 1. The van der Waals surface area contributed by atoms with E-state index in [0.717, 1.165) is 18.8 Å². The van der Waals surface area contributed by atoms with Gasteiger partial charge < -0.3 is 10.1 Å². The fourth-order valence-electron chi connectivity index (χ4n) is 2.44. The van der Waals surface area contributed by atoms with Crippen LogP contribution in [0.3, 0.4) is 0 Å². The second-order valence-electron chi connectivity index (χ2n) is 5.24. The maximum absolute atomic E-state index is 11.5. The fourth-order valence-corrected chi connectivity index (χ4v) is 3.62. The number of hydrogen-bond donors (Lipinski definition) is 1. The van der Waals surface area contributed by atoms with E-state index in [2.05, 4.69) is 28.9 Å². The van der Waals surface area contributed by atoms with Crippen LogP contribution >= 0.6 is 22.9 Å². The SMILES string of the molecule is COC(=O)c1sc(NC2CCC(C)C(C)C2)nc1Cl. The minimum Gasteiger partial charge on any atom is -0.465 e. The van der Waals surface area contributed by atoms with Gasteiger partial charge in [-0.2, -0.15) is 0 Å². The number of nitrogens with one attached hydrogen (secondary N) is 1. The lowest BCUT2D eigenvalue weighted by Gasteiger charge is -2.32. The largest absolute Gasteiger partial charge is 0.465 e. The summed E-state index contributed by atoms with van der Waals surface area (Å²) in [6, 6.07) is 0.416. The summed E-state index contributed by atoms with van der Waals surface area (Å²) in [5.74, 6) is 1.06. The van der Waals surface area contributed by atoms with E-state index in [-0.39, 0.29) is 5.15 Å². The van der Waals surface area contributed by atoms with Crippen LogP contribution in [0.4, 0.5) is 5.13 Å². The number of halogens is 1. The summed E-state index contributed by atoms with van der Waals surface area (Å²) in [6.45, 7) is 4.59. The zero-order valence-electron chi connectivity index (χ0n) is 11.4. The van der Waals surface area contributed by atoms with Crippen molar-refractivity contribution in [3.05, 3.63) is 10.0 Å². The van der Waals surface area contributed by atoms with Crippen molar-refractivity contribution in [2.75, 3.05) is 12.4 Å². The van der Waals surface area contributed by atoms with Gasteiger partial charge >= 0.3 is 5.97 Å². The van der Waals surface area contributed by atoms with E-state index < -0.39 is 5.97 Å². The molecular formula is C13H19ClN2O2S. The Balaban J connectivity index is 2.02. The maximum Gasteiger partial charge on any atom is 0.351 e. The summed E-state index contributed by atoms with van der Waals surface area (Å²) in [7, 11) is 1.34. The highest BCUT2D eigenvalue weighted by Crippen LogP contribution is 2.33. The van der Waals surface area contributed by atoms with Crippen molar-refractivity contribution in [3.8, 4) is 0 Å². The lowest BCUT2D eigenvalue weighted by atomic mass is 9.79. The Morgan fingerprint density at radius 1 is 1.42 bits per heavy atom. The molecule has 1 saturated carbocycles. The average Bonchev–Trinajstić information content (AvgIpc) is 2.74. The van der Waals surface area contributed by atoms with Crippen molar-refractivity contribution < 1.29 is 9.53 Å². The molecule has 4 nitrogen and oxygen atoms in total. The van der Waals surface area contributed by atoms with E-state index in [9.17, 15) is 4.79 Å². The van der Waals surface area contributed by atoms with Gasteiger partial charge in [0.2, 0.25) is 0 Å². The Hall–Kier alpha value is -0.810. The lowest BCUT2D eigenvalue weighted by molar-refractivity contribution is 0.0606. The van der Waals surface area contributed by atoms with Gasteiger partial charge in [-0.25, -0.2) is 9.78 Å². The number of aromatic nitrogens is 1. The minimum atomic E-state index is -0.429. The van der Waals surface area contributed by atoms with Crippen molar-refractivity contribution in [2.45, 2.75) is 39.2 Å². The number of thiazole rings is 1. The highest BCUT2D eigenvalue weighted by Gasteiger charge is 2.26. The summed E-state index contributed by atoms with van der Waals surface area (Å²) in [4.78, 5) is 16.0. The number of hydrogen-bond acceptors (Lipinski definition) is 5. The second-order valence-corrected chi connectivity index (χ2v) is 6.60. The first-order valence-corrected chi connectivity index (χ1v) is 7.72. The molecule has 0 amide bonds. The summed E-state index contributed by atoms with van der Waals surface area (Å²) in [5, 5.41) is 4.31. The van der Waals surface area contributed by atoms with Gasteiger partial charge in [0.25, 0.3) is 0 Å². The molecule has 1 aromatic rings. The van der Waals surface area contributed by atoms with Crippen LogP contribution in [0.25, 0.3) is 0 Å². The molecule has 2 rings (SSSR count). The van der Waals surface area contributed by atoms with E-state index in [1.807, 2.05) is 0 Å². The number of carbonyl (C=O) groups excluding carboxylic acids is 1. The van der Waals surface area contributed by atoms with Crippen LogP contribution in [0.15, 0.2) is 0 Å². The summed E-state index contributed by atoms with van der Waals surface area (Å²) >= 11 is 7.21. The molecule has 0 spiro atoms. The molecule has 0 aromatic carbocycles. The van der Waals surface area contributed by atoms with Gasteiger partial charge in [0.1, 0.15) is 0 Å².